The summed E-state index contributed by atoms with van der Waals surface area (Å²) in [5.74, 6) is 0.467. The number of nitrogens with zero attached hydrogens (tertiary/aromatic N) is 6. The molecule has 1 aliphatic heterocycles. The summed E-state index contributed by atoms with van der Waals surface area (Å²) in [6.07, 6.45) is 4.71. The molecule has 1 aliphatic rings. The Morgan fingerprint density at radius 3 is 2.70 bits per heavy atom. The number of rotatable bonds is 2. The predicted octanol–water partition coefficient (Wildman–Crippen LogP) is 0.592. The summed E-state index contributed by atoms with van der Waals surface area (Å²) in [4.78, 5) is 32.3. The van der Waals surface area contributed by atoms with Gasteiger partial charge in [0.1, 0.15) is 11.5 Å². The normalized spacial score (nSPS) is 16.8. The maximum Gasteiger partial charge on any atom is 0.273 e. The Morgan fingerprint density at radius 2 is 2.04 bits per heavy atom. The lowest BCUT2D eigenvalue weighted by Crippen LogP contribution is -2.41. The molecule has 0 unspecified atom stereocenters. The highest BCUT2D eigenvalue weighted by atomic mass is 16.2. The van der Waals surface area contributed by atoms with Crippen LogP contribution in [-0.2, 0) is 6.54 Å². The highest BCUT2D eigenvalue weighted by molar-refractivity contribution is 5.94. The summed E-state index contributed by atoms with van der Waals surface area (Å²) in [6.45, 7) is 3.08. The zero-order chi connectivity index (χ0) is 16.6. The fraction of sp³-hybridized carbons (Fsp3) is 0.400. The van der Waals surface area contributed by atoms with Gasteiger partial charge in [0.05, 0.1) is 24.0 Å². The quantitative estimate of drug-likeness (QED) is 0.810. The molecule has 2 aromatic heterocycles. The smallest absolute Gasteiger partial charge is 0.273 e. The number of fused-ring (bicyclic) bond motifs is 1. The van der Waals surface area contributed by atoms with Crippen molar-refractivity contribution in [2.45, 2.75) is 19.5 Å². The topological polar surface area (TPSA) is 84.2 Å². The van der Waals surface area contributed by atoms with Gasteiger partial charge in [0.15, 0.2) is 0 Å². The van der Waals surface area contributed by atoms with Crippen LogP contribution in [0.3, 0.4) is 0 Å². The standard InChI is InChI=1S/C15H18N6O2/c1-10-13-18-12(15(23)19(2)3)9-20(13)6-7-21(10)14(22)11-4-5-16-17-8-11/h4-5,8-10H,6-7H2,1-3H3/t10-/m0/s1. The maximum absolute atomic E-state index is 12.6. The molecule has 8 heteroatoms. The van der Waals surface area contributed by atoms with Gasteiger partial charge in [0.25, 0.3) is 11.8 Å². The van der Waals surface area contributed by atoms with Crippen LogP contribution >= 0.6 is 0 Å². The molecule has 8 nitrogen and oxygen atoms in total. The van der Waals surface area contributed by atoms with Crippen molar-refractivity contribution in [3.05, 3.63) is 41.7 Å². The van der Waals surface area contributed by atoms with E-state index in [9.17, 15) is 9.59 Å². The number of amides is 2. The van der Waals surface area contributed by atoms with E-state index in [-0.39, 0.29) is 17.9 Å². The van der Waals surface area contributed by atoms with Gasteiger partial charge in [-0.3, -0.25) is 9.59 Å². The van der Waals surface area contributed by atoms with Gasteiger partial charge in [-0.05, 0) is 13.0 Å². The summed E-state index contributed by atoms with van der Waals surface area (Å²) >= 11 is 0. The Hall–Kier alpha value is -2.77. The first-order valence-corrected chi connectivity index (χ1v) is 7.35. The highest BCUT2D eigenvalue weighted by Gasteiger charge is 2.31. The second-order valence-electron chi connectivity index (χ2n) is 5.68. The van der Waals surface area contributed by atoms with E-state index >= 15 is 0 Å². The fourth-order valence-corrected chi connectivity index (χ4v) is 2.68. The van der Waals surface area contributed by atoms with E-state index in [1.54, 1.807) is 31.3 Å². The molecule has 0 aromatic carbocycles. The molecule has 0 saturated carbocycles. The lowest BCUT2D eigenvalue weighted by molar-refractivity contribution is 0.0637. The number of carbonyl (C=O) groups excluding carboxylic acids is 2. The van der Waals surface area contributed by atoms with Crippen molar-refractivity contribution < 1.29 is 9.59 Å². The first-order chi connectivity index (χ1) is 11.0. The molecule has 0 radical (unpaired) electrons. The minimum Gasteiger partial charge on any atom is -0.343 e. The van der Waals surface area contributed by atoms with Crippen LogP contribution in [0.2, 0.25) is 0 Å². The van der Waals surface area contributed by atoms with Crippen molar-refractivity contribution in [1.82, 2.24) is 29.5 Å². The minimum absolute atomic E-state index is 0.109. The van der Waals surface area contributed by atoms with E-state index in [1.165, 1.54) is 17.3 Å². The minimum atomic E-state index is -0.215. The Bertz CT molecular complexity index is 740. The zero-order valence-corrected chi connectivity index (χ0v) is 13.3. The molecule has 3 rings (SSSR count). The fourth-order valence-electron chi connectivity index (χ4n) is 2.68. The molecule has 0 fully saturated rings. The molecular formula is C15H18N6O2. The summed E-state index contributed by atoms with van der Waals surface area (Å²) in [6, 6.07) is 1.43. The van der Waals surface area contributed by atoms with Crippen molar-refractivity contribution in [3.63, 3.8) is 0 Å². The molecule has 0 saturated heterocycles. The molecule has 0 aliphatic carbocycles. The number of carbonyl (C=O) groups is 2. The van der Waals surface area contributed by atoms with E-state index in [4.69, 9.17) is 0 Å². The largest absolute Gasteiger partial charge is 0.343 e. The molecular weight excluding hydrogens is 296 g/mol. The van der Waals surface area contributed by atoms with E-state index < -0.39 is 0 Å². The van der Waals surface area contributed by atoms with Crippen LogP contribution in [0, 0.1) is 0 Å². The molecule has 1 atom stereocenters. The predicted molar refractivity (Wildman–Crippen MR) is 81.7 cm³/mol. The summed E-state index contributed by atoms with van der Waals surface area (Å²) in [7, 11) is 3.38. The van der Waals surface area contributed by atoms with Gasteiger partial charge in [-0.2, -0.15) is 10.2 Å². The summed E-state index contributed by atoms with van der Waals surface area (Å²) < 4.78 is 1.94. The average molecular weight is 314 g/mol. The third kappa shape index (κ3) is 2.67. The van der Waals surface area contributed by atoms with Crippen molar-refractivity contribution >= 4 is 11.8 Å². The maximum atomic E-state index is 12.6. The number of hydrogen-bond donors (Lipinski definition) is 0. The van der Waals surface area contributed by atoms with Gasteiger partial charge in [-0.25, -0.2) is 4.98 Å². The van der Waals surface area contributed by atoms with Crippen molar-refractivity contribution in [2.75, 3.05) is 20.6 Å². The molecule has 2 aromatic rings. The van der Waals surface area contributed by atoms with Crippen LogP contribution in [0.1, 0.15) is 39.6 Å². The van der Waals surface area contributed by atoms with Gasteiger partial charge >= 0.3 is 0 Å². The second kappa shape index (κ2) is 5.79. The zero-order valence-electron chi connectivity index (χ0n) is 13.3. The molecule has 3 heterocycles. The first kappa shape index (κ1) is 15.1. The van der Waals surface area contributed by atoms with Gasteiger partial charge in [-0.15, -0.1) is 0 Å². The van der Waals surface area contributed by atoms with Crippen molar-refractivity contribution in [1.29, 1.82) is 0 Å². The average Bonchev–Trinajstić information content (AvgIpc) is 2.99. The molecule has 23 heavy (non-hydrogen) atoms. The van der Waals surface area contributed by atoms with Crippen LogP contribution in [-0.4, -0.2) is 62.0 Å². The van der Waals surface area contributed by atoms with Gasteiger partial charge in [0, 0.05) is 33.4 Å². The second-order valence-corrected chi connectivity index (χ2v) is 5.68. The number of aromatic nitrogens is 4. The van der Waals surface area contributed by atoms with Crippen LogP contribution in [0.5, 0.6) is 0 Å². The van der Waals surface area contributed by atoms with Gasteiger partial charge < -0.3 is 14.4 Å². The Balaban J connectivity index is 1.87. The summed E-state index contributed by atoms with van der Waals surface area (Å²) in [5, 5.41) is 7.44. The van der Waals surface area contributed by atoms with Gasteiger partial charge in [-0.1, -0.05) is 0 Å². The molecule has 0 spiro atoms. The summed E-state index contributed by atoms with van der Waals surface area (Å²) in [5.41, 5.74) is 0.896. The van der Waals surface area contributed by atoms with Crippen LogP contribution < -0.4 is 0 Å². The first-order valence-electron chi connectivity index (χ1n) is 7.35. The van der Waals surface area contributed by atoms with Crippen molar-refractivity contribution in [2.24, 2.45) is 0 Å². The third-order valence-electron chi connectivity index (χ3n) is 3.95. The van der Waals surface area contributed by atoms with Crippen LogP contribution in [0.4, 0.5) is 0 Å². The molecule has 0 N–H and O–H groups in total. The van der Waals surface area contributed by atoms with Crippen molar-refractivity contribution in [3.8, 4) is 0 Å². The van der Waals surface area contributed by atoms with E-state index in [0.717, 1.165) is 5.82 Å². The van der Waals surface area contributed by atoms with Crippen LogP contribution in [0.25, 0.3) is 0 Å². The lowest BCUT2D eigenvalue weighted by Gasteiger charge is -2.33. The van der Waals surface area contributed by atoms with Crippen LogP contribution in [0.15, 0.2) is 24.7 Å². The third-order valence-corrected chi connectivity index (χ3v) is 3.95. The Labute approximate surface area is 133 Å². The number of hydrogen-bond acceptors (Lipinski definition) is 5. The van der Waals surface area contributed by atoms with E-state index in [1.807, 2.05) is 11.5 Å². The monoisotopic (exact) mass is 314 g/mol. The molecule has 120 valence electrons. The SMILES string of the molecule is C[C@H]1c2nc(C(=O)N(C)C)cn2CCN1C(=O)c1ccnnc1. The lowest BCUT2D eigenvalue weighted by atomic mass is 10.1. The molecule has 0 bridgehead atoms. The Kier molecular flexibility index (Phi) is 3.81. The highest BCUT2D eigenvalue weighted by Crippen LogP contribution is 2.26. The Morgan fingerprint density at radius 1 is 1.26 bits per heavy atom. The van der Waals surface area contributed by atoms with Gasteiger partial charge in [0.2, 0.25) is 0 Å². The van der Waals surface area contributed by atoms with E-state index in [0.29, 0.717) is 24.3 Å². The van der Waals surface area contributed by atoms with E-state index in [2.05, 4.69) is 15.2 Å². The molecule has 2 amide bonds. The number of imidazole rings is 1.